The second-order valence-corrected chi connectivity index (χ2v) is 8.52. The summed E-state index contributed by atoms with van der Waals surface area (Å²) in [4.78, 5) is 18.7. The van der Waals surface area contributed by atoms with Crippen LogP contribution in [-0.4, -0.2) is 40.4 Å². The van der Waals surface area contributed by atoms with Crippen LogP contribution in [-0.2, 0) is 4.79 Å². The molecule has 1 atom stereocenters. The van der Waals surface area contributed by atoms with E-state index in [0.717, 1.165) is 26.2 Å². The number of rotatable bonds is 4. The highest BCUT2D eigenvalue weighted by molar-refractivity contribution is 5.99. The molecule has 4 rings (SSSR count). The highest BCUT2D eigenvalue weighted by Gasteiger charge is 2.54. The maximum Gasteiger partial charge on any atom is 0.425 e. The molecule has 2 saturated carbocycles. The van der Waals surface area contributed by atoms with Gasteiger partial charge in [-0.05, 0) is 63.9 Å². The minimum Gasteiger partial charge on any atom is -0.465 e. The number of nitrogens with zero attached hydrogens (tertiary/aromatic N) is 2. The van der Waals surface area contributed by atoms with E-state index in [2.05, 4.69) is 4.98 Å². The molecule has 154 valence electrons. The first-order valence-electron chi connectivity index (χ1n) is 9.87. The molecular formula is C20H25F3N2O3. The third kappa shape index (κ3) is 3.47. The van der Waals surface area contributed by atoms with E-state index in [9.17, 15) is 23.1 Å². The number of ether oxygens (including phenoxy) is 1. The van der Waals surface area contributed by atoms with E-state index < -0.39 is 23.3 Å². The molecule has 1 amide bonds. The van der Waals surface area contributed by atoms with Gasteiger partial charge in [-0.3, -0.25) is 4.79 Å². The van der Waals surface area contributed by atoms with E-state index in [1.165, 1.54) is 12.3 Å². The standard InChI is InChI=1S/C20H25F3N2O3/c1-13(20(21,22)23)28-16-5-4-15(12-24-16)25-11-10-18(17(25)26)6-8-19(27,9-7-18)14-2-3-14/h4-5,12-14,27H,2-3,6-11H2,1H3/t13-,18-,19+/m1/s1. The predicted octanol–water partition coefficient (Wildman–Crippen LogP) is 3.85. The molecule has 0 unspecified atom stereocenters. The first-order valence-corrected chi connectivity index (χ1v) is 9.87. The normalized spacial score (nSPS) is 32.0. The molecule has 1 aromatic rings. The number of hydrogen-bond acceptors (Lipinski definition) is 4. The van der Waals surface area contributed by atoms with Gasteiger partial charge in [-0.2, -0.15) is 13.2 Å². The summed E-state index contributed by atoms with van der Waals surface area (Å²) in [6.45, 7) is 1.48. The van der Waals surface area contributed by atoms with Gasteiger partial charge in [0.05, 0.1) is 22.9 Å². The molecule has 0 radical (unpaired) electrons. The maximum absolute atomic E-state index is 13.1. The van der Waals surface area contributed by atoms with Gasteiger partial charge < -0.3 is 14.7 Å². The molecular weight excluding hydrogens is 373 g/mol. The monoisotopic (exact) mass is 398 g/mol. The zero-order valence-corrected chi connectivity index (χ0v) is 15.8. The Morgan fingerprint density at radius 2 is 1.89 bits per heavy atom. The summed E-state index contributed by atoms with van der Waals surface area (Å²) in [5.41, 5.74) is -0.465. The van der Waals surface area contributed by atoms with E-state index in [1.54, 1.807) is 11.0 Å². The second kappa shape index (κ2) is 6.61. The van der Waals surface area contributed by atoms with Gasteiger partial charge in [0, 0.05) is 12.6 Å². The number of aromatic nitrogens is 1. The molecule has 3 aliphatic rings. The number of alkyl halides is 3. The number of carbonyl (C=O) groups excluding carboxylic acids is 1. The van der Waals surface area contributed by atoms with E-state index in [-0.39, 0.29) is 11.8 Å². The highest BCUT2D eigenvalue weighted by atomic mass is 19.4. The van der Waals surface area contributed by atoms with Gasteiger partial charge >= 0.3 is 6.18 Å². The second-order valence-electron chi connectivity index (χ2n) is 8.52. The van der Waals surface area contributed by atoms with Crippen LogP contribution in [0.3, 0.4) is 0 Å². The Labute approximate surface area is 161 Å². The molecule has 1 saturated heterocycles. The highest BCUT2D eigenvalue weighted by Crippen LogP contribution is 2.54. The third-order valence-electron chi connectivity index (χ3n) is 6.71. The molecule has 1 aromatic heterocycles. The van der Waals surface area contributed by atoms with Gasteiger partial charge in [-0.15, -0.1) is 0 Å². The van der Waals surface area contributed by atoms with Crippen LogP contribution in [0.2, 0.25) is 0 Å². The largest absolute Gasteiger partial charge is 0.465 e. The smallest absolute Gasteiger partial charge is 0.425 e. The Bertz CT molecular complexity index is 738. The Morgan fingerprint density at radius 3 is 2.43 bits per heavy atom. The van der Waals surface area contributed by atoms with Crippen molar-refractivity contribution in [2.75, 3.05) is 11.4 Å². The average molecular weight is 398 g/mol. The van der Waals surface area contributed by atoms with Gasteiger partial charge in [0.15, 0.2) is 6.10 Å². The minimum absolute atomic E-state index is 0.0319. The van der Waals surface area contributed by atoms with Crippen molar-refractivity contribution < 1.29 is 27.8 Å². The zero-order valence-electron chi connectivity index (χ0n) is 15.8. The number of pyridine rings is 1. The summed E-state index contributed by atoms with van der Waals surface area (Å²) >= 11 is 0. The SMILES string of the molecule is C[C@@H](Oc1ccc(N2CC[C@]3(CC[C@@](O)(C4CC4)CC3)C2=O)cn1)C(F)(F)F. The first-order chi connectivity index (χ1) is 13.1. The van der Waals surface area contributed by atoms with Crippen LogP contribution in [0.4, 0.5) is 18.9 Å². The van der Waals surface area contributed by atoms with E-state index in [1.807, 2.05) is 0 Å². The lowest BCUT2D eigenvalue weighted by molar-refractivity contribution is -0.189. The fraction of sp³-hybridized carbons (Fsp3) is 0.700. The van der Waals surface area contributed by atoms with Crippen molar-refractivity contribution in [3.63, 3.8) is 0 Å². The van der Waals surface area contributed by atoms with Gasteiger partial charge in [0.1, 0.15) is 0 Å². The number of halogens is 3. The molecule has 2 heterocycles. The molecule has 1 spiro atoms. The molecule has 1 aliphatic heterocycles. The number of aliphatic hydroxyl groups is 1. The maximum atomic E-state index is 13.1. The van der Waals surface area contributed by atoms with E-state index in [0.29, 0.717) is 43.8 Å². The van der Waals surface area contributed by atoms with Crippen molar-refractivity contribution in [3.8, 4) is 5.88 Å². The molecule has 3 fully saturated rings. The Hall–Kier alpha value is -1.83. The van der Waals surface area contributed by atoms with Crippen LogP contribution in [0.25, 0.3) is 0 Å². The van der Waals surface area contributed by atoms with Crippen LogP contribution in [0.15, 0.2) is 18.3 Å². The quantitative estimate of drug-likeness (QED) is 0.837. The molecule has 8 heteroatoms. The third-order valence-corrected chi connectivity index (χ3v) is 6.71. The molecule has 0 bridgehead atoms. The first kappa shape index (κ1) is 19.5. The van der Waals surface area contributed by atoms with Crippen LogP contribution >= 0.6 is 0 Å². The van der Waals surface area contributed by atoms with E-state index in [4.69, 9.17) is 4.74 Å². The predicted molar refractivity (Wildman–Crippen MR) is 95.9 cm³/mol. The van der Waals surface area contributed by atoms with Gasteiger partial charge in [-0.1, -0.05) is 0 Å². The number of hydrogen-bond donors (Lipinski definition) is 1. The van der Waals surface area contributed by atoms with Gasteiger partial charge in [0.2, 0.25) is 11.8 Å². The lowest BCUT2D eigenvalue weighted by Gasteiger charge is -2.41. The summed E-state index contributed by atoms with van der Waals surface area (Å²) in [6.07, 6.45) is 0.577. The number of carbonyl (C=O) groups is 1. The fourth-order valence-electron chi connectivity index (χ4n) is 4.57. The summed E-state index contributed by atoms with van der Waals surface area (Å²) in [5, 5.41) is 10.8. The topological polar surface area (TPSA) is 62.7 Å². The fourth-order valence-corrected chi connectivity index (χ4v) is 4.57. The average Bonchev–Trinajstić information content (AvgIpc) is 3.45. The number of anilines is 1. The van der Waals surface area contributed by atoms with Crippen LogP contribution < -0.4 is 9.64 Å². The van der Waals surface area contributed by atoms with Crippen molar-refractivity contribution in [2.45, 2.75) is 69.8 Å². The zero-order chi connectivity index (χ0) is 20.2. The van der Waals surface area contributed by atoms with Crippen molar-refractivity contribution in [3.05, 3.63) is 18.3 Å². The summed E-state index contributed by atoms with van der Waals surface area (Å²) in [7, 11) is 0. The van der Waals surface area contributed by atoms with Crippen LogP contribution in [0.5, 0.6) is 5.88 Å². The lowest BCUT2D eigenvalue weighted by atomic mass is 9.66. The van der Waals surface area contributed by atoms with Crippen molar-refractivity contribution in [1.82, 2.24) is 4.98 Å². The Kier molecular flexibility index (Phi) is 4.60. The van der Waals surface area contributed by atoms with E-state index >= 15 is 0 Å². The molecule has 2 aliphatic carbocycles. The Morgan fingerprint density at radius 1 is 1.21 bits per heavy atom. The molecule has 5 nitrogen and oxygen atoms in total. The summed E-state index contributed by atoms with van der Waals surface area (Å²) < 4.78 is 42.6. The van der Waals surface area contributed by atoms with Crippen LogP contribution in [0, 0.1) is 11.3 Å². The molecule has 28 heavy (non-hydrogen) atoms. The van der Waals surface area contributed by atoms with Gasteiger partial charge in [0.25, 0.3) is 0 Å². The van der Waals surface area contributed by atoms with Crippen molar-refractivity contribution >= 4 is 11.6 Å². The number of amides is 1. The van der Waals surface area contributed by atoms with Crippen molar-refractivity contribution in [2.24, 2.45) is 11.3 Å². The summed E-state index contributed by atoms with van der Waals surface area (Å²) in [6, 6.07) is 2.94. The summed E-state index contributed by atoms with van der Waals surface area (Å²) in [5.74, 6) is 0.305. The van der Waals surface area contributed by atoms with Gasteiger partial charge in [-0.25, -0.2) is 4.98 Å². The minimum atomic E-state index is -4.46. The lowest BCUT2D eigenvalue weighted by Crippen LogP contribution is -2.44. The molecule has 0 aromatic carbocycles. The Balaban J connectivity index is 1.41. The van der Waals surface area contributed by atoms with Crippen molar-refractivity contribution in [1.29, 1.82) is 0 Å². The van der Waals surface area contributed by atoms with Crippen LogP contribution in [0.1, 0.15) is 51.9 Å². The molecule has 1 N–H and O–H groups in total.